The number of ether oxygens (including phenoxy) is 1. The highest BCUT2D eigenvalue weighted by Crippen LogP contribution is 2.36. The number of hydrogen-bond acceptors (Lipinski definition) is 5. The van der Waals surface area contributed by atoms with Crippen molar-refractivity contribution in [2.45, 2.75) is 18.0 Å². The molecule has 2 aromatic carbocycles. The van der Waals surface area contributed by atoms with E-state index in [1.54, 1.807) is 17.8 Å². The Hall–Kier alpha value is -2.01. The molecule has 128 valence electrons. The van der Waals surface area contributed by atoms with Gasteiger partial charge in [0, 0.05) is 11.3 Å². The number of nitriles is 1. The van der Waals surface area contributed by atoms with Gasteiger partial charge in [-0.2, -0.15) is 5.26 Å². The van der Waals surface area contributed by atoms with Gasteiger partial charge in [-0.15, -0.1) is 11.8 Å². The van der Waals surface area contributed by atoms with Crippen molar-refractivity contribution in [3.63, 3.8) is 0 Å². The fourth-order valence-electron chi connectivity index (χ4n) is 2.51. The van der Waals surface area contributed by atoms with Crippen molar-refractivity contribution in [1.82, 2.24) is 5.32 Å². The number of halogens is 1. The predicted octanol–water partition coefficient (Wildman–Crippen LogP) is 3.69. The molecule has 1 saturated heterocycles. The van der Waals surface area contributed by atoms with Crippen LogP contribution in [-0.4, -0.2) is 22.9 Å². The molecular formula is C18H15BrN2O3S. The highest BCUT2D eigenvalue weighted by Gasteiger charge is 2.30. The van der Waals surface area contributed by atoms with Gasteiger partial charge in [0.05, 0.1) is 21.5 Å². The molecule has 2 atom stereocenters. The summed E-state index contributed by atoms with van der Waals surface area (Å²) in [5.74, 6) is 0.389. The predicted molar refractivity (Wildman–Crippen MR) is 99.4 cm³/mol. The van der Waals surface area contributed by atoms with Gasteiger partial charge < -0.3 is 9.84 Å². The first-order chi connectivity index (χ1) is 12.1. The van der Waals surface area contributed by atoms with Gasteiger partial charge in [-0.3, -0.25) is 10.1 Å². The maximum Gasteiger partial charge on any atom is 0.321 e. The van der Waals surface area contributed by atoms with E-state index in [-0.39, 0.29) is 5.37 Å². The summed E-state index contributed by atoms with van der Waals surface area (Å²) in [6.07, 6.45) is 0. The lowest BCUT2D eigenvalue weighted by atomic mass is 10.1. The monoisotopic (exact) mass is 418 g/mol. The molecule has 1 aliphatic heterocycles. The van der Waals surface area contributed by atoms with Crippen molar-refractivity contribution in [3.05, 3.63) is 63.6 Å². The highest BCUT2D eigenvalue weighted by atomic mass is 79.9. The SMILES string of the molecule is N#Cc1ccccc1COc1ccc([C@@H]2N[C@H](C(=O)O)CS2)cc1Br. The van der Waals surface area contributed by atoms with Crippen LogP contribution in [0.2, 0.25) is 0 Å². The molecule has 1 heterocycles. The molecule has 7 heteroatoms. The zero-order valence-electron chi connectivity index (χ0n) is 13.1. The van der Waals surface area contributed by atoms with Crippen LogP contribution in [-0.2, 0) is 11.4 Å². The molecule has 0 saturated carbocycles. The van der Waals surface area contributed by atoms with Crippen LogP contribution in [0.3, 0.4) is 0 Å². The molecule has 0 bridgehead atoms. The Kier molecular flexibility index (Phi) is 5.63. The number of carbonyl (C=O) groups is 1. The Labute approximate surface area is 158 Å². The third kappa shape index (κ3) is 4.15. The van der Waals surface area contributed by atoms with Gasteiger partial charge >= 0.3 is 5.97 Å². The quantitative estimate of drug-likeness (QED) is 0.770. The highest BCUT2D eigenvalue weighted by molar-refractivity contribution is 9.10. The van der Waals surface area contributed by atoms with Gasteiger partial charge in [-0.1, -0.05) is 24.3 Å². The summed E-state index contributed by atoms with van der Waals surface area (Å²) < 4.78 is 6.62. The Morgan fingerprint density at radius 2 is 2.20 bits per heavy atom. The van der Waals surface area contributed by atoms with Crippen LogP contribution in [0.25, 0.3) is 0 Å². The largest absolute Gasteiger partial charge is 0.488 e. The number of carboxylic acids is 1. The number of benzene rings is 2. The Morgan fingerprint density at radius 3 is 2.88 bits per heavy atom. The summed E-state index contributed by atoms with van der Waals surface area (Å²) in [4.78, 5) is 11.0. The fourth-order valence-corrected chi connectivity index (χ4v) is 4.25. The van der Waals surface area contributed by atoms with Gasteiger partial charge in [-0.05, 0) is 39.7 Å². The number of carboxylic acid groups (broad SMARTS) is 1. The van der Waals surface area contributed by atoms with Gasteiger partial charge in [0.15, 0.2) is 0 Å². The van der Waals surface area contributed by atoms with E-state index >= 15 is 0 Å². The molecule has 3 rings (SSSR count). The van der Waals surface area contributed by atoms with Crippen molar-refractivity contribution < 1.29 is 14.6 Å². The standard InChI is InChI=1S/C18H15BrN2O3S/c19-14-7-11(17-21-15(10-25-17)18(22)23)5-6-16(14)24-9-13-4-2-1-3-12(13)8-20/h1-7,15,17,21H,9-10H2,(H,22,23)/t15-,17+/m0/s1. The Bertz CT molecular complexity index is 837. The van der Waals surface area contributed by atoms with Gasteiger partial charge in [0.25, 0.3) is 0 Å². The molecule has 25 heavy (non-hydrogen) atoms. The first kappa shape index (κ1) is 17.8. The van der Waals surface area contributed by atoms with E-state index in [1.165, 1.54) is 0 Å². The third-order valence-electron chi connectivity index (χ3n) is 3.86. The van der Waals surface area contributed by atoms with Crippen molar-refractivity contribution >= 4 is 33.7 Å². The summed E-state index contributed by atoms with van der Waals surface area (Å²) in [5, 5.41) is 21.2. The minimum absolute atomic E-state index is 0.0502. The van der Waals surface area contributed by atoms with Crippen molar-refractivity contribution in [1.29, 1.82) is 5.26 Å². The number of aliphatic carboxylic acids is 1. The van der Waals surface area contributed by atoms with Gasteiger partial charge in [0.2, 0.25) is 0 Å². The molecule has 1 fully saturated rings. The lowest BCUT2D eigenvalue weighted by Crippen LogP contribution is -2.33. The normalized spacial score (nSPS) is 19.4. The maximum absolute atomic E-state index is 11.0. The van der Waals surface area contributed by atoms with Crippen LogP contribution in [0.5, 0.6) is 5.75 Å². The molecule has 0 aliphatic carbocycles. The van der Waals surface area contributed by atoms with Crippen LogP contribution < -0.4 is 10.1 Å². The molecule has 0 aromatic heterocycles. The summed E-state index contributed by atoms with van der Waals surface area (Å²) in [6.45, 7) is 0.305. The summed E-state index contributed by atoms with van der Waals surface area (Å²) in [7, 11) is 0. The molecule has 1 aliphatic rings. The second-order valence-electron chi connectivity index (χ2n) is 5.52. The van der Waals surface area contributed by atoms with Crippen LogP contribution in [0, 0.1) is 11.3 Å². The second-order valence-corrected chi connectivity index (χ2v) is 7.51. The lowest BCUT2D eigenvalue weighted by Gasteiger charge is -2.14. The van der Waals surface area contributed by atoms with Crippen molar-refractivity contribution in [2.24, 2.45) is 0 Å². The first-order valence-corrected chi connectivity index (χ1v) is 9.43. The molecule has 5 nitrogen and oxygen atoms in total. The Morgan fingerprint density at radius 1 is 1.40 bits per heavy atom. The second kappa shape index (κ2) is 7.91. The van der Waals surface area contributed by atoms with E-state index in [2.05, 4.69) is 27.3 Å². The molecule has 0 unspecified atom stereocenters. The molecule has 2 N–H and O–H groups in total. The summed E-state index contributed by atoms with van der Waals surface area (Å²) in [5.41, 5.74) is 2.42. The maximum atomic E-state index is 11.0. The minimum atomic E-state index is -0.829. The molecule has 0 radical (unpaired) electrons. The average molecular weight is 419 g/mol. The third-order valence-corrected chi connectivity index (χ3v) is 5.75. The number of hydrogen-bond donors (Lipinski definition) is 2. The van der Waals surface area contributed by atoms with E-state index < -0.39 is 12.0 Å². The van der Waals surface area contributed by atoms with E-state index in [9.17, 15) is 4.79 Å². The van der Waals surface area contributed by atoms with Crippen LogP contribution in [0.4, 0.5) is 0 Å². The fraction of sp³-hybridized carbons (Fsp3) is 0.222. The number of nitrogens with zero attached hydrogens (tertiary/aromatic N) is 1. The lowest BCUT2D eigenvalue weighted by molar-refractivity contribution is -0.138. The Balaban J connectivity index is 1.68. The number of thioether (sulfide) groups is 1. The molecule has 0 amide bonds. The van der Waals surface area contributed by atoms with Crippen LogP contribution >= 0.6 is 27.7 Å². The van der Waals surface area contributed by atoms with Crippen LogP contribution in [0.15, 0.2) is 46.9 Å². The smallest absolute Gasteiger partial charge is 0.321 e. The zero-order chi connectivity index (χ0) is 17.8. The molecule has 0 spiro atoms. The first-order valence-electron chi connectivity index (χ1n) is 7.59. The van der Waals surface area contributed by atoms with E-state index in [0.29, 0.717) is 23.7 Å². The molecular weight excluding hydrogens is 404 g/mol. The summed E-state index contributed by atoms with van der Waals surface area (Å²) >= 11 is 5.08. The zero-order valence-corrected chi connectivity index (χ0v) is 15.5. The number of rotatable bonds is 5. The van der Waals surface area contributed by atoms with E-state index in [1.807, 2.05) is 36.4 Å². The average Bonchev–Trinajstić information content (AvgIpc) is 3.11. The van der Waals surface area contributed by atoms with E-state index in [4.69, 9.17) is 15.1 Å². The van der Waals surface area contributed by atoms with Crippen LogP contribution in [0.1, 0.15) is 22.1 Å². The summed E-state index contributed by atoms with van der Waals surface area (Å²) in [6, 6.07) is 14.7. The van der Waals surface area contributed by atoms with Crippen molar-refractivity contribution in [3.8, 4) is 11.8 Å². The minimum Gasteiger partial charge on any atom is -0.488 e. The number of nitrogens with one attached hydrogen (secondary N) is 1. The van der Waals surface area contributed by atoms with Gasteiger partial charge in [0.1, 0.15) is 18.4 Å². The van der Waals surface area contributed by atoms with E-state index in [0.717, 1.165) is 15.6 Å². The molecule has 2 aromatic rings. The van der Waals surface area contributed by atoms with Gasteiger partial charge in [-0.25, -0.2) is 0 Å². The topological polar surface area (TPSA) is 82.3 Å². The van der Waals surface area contributed by atoms with Crippen molar-refractivity contribution in [2.75, 3.05) is 5.75 Å².